The van der Waals surface area contributed by atoms with Gasteiger partial charge in [0, 0.05) is 0 Å². The minimum absolute atomic E-state index is 0.0774. The van der Waals surface area contributed by atoms with Crippen molar-refractivity contribution in [1.82, 2.24) is 4.90 Å². The van der Waals surface area contributed by atoms with E-state index in [1.165, 1.54) is 11.0 Å². The summed E-state index contributed by atoms with van der Waals surface area (Å²) in [6.07, 6.45) is 0.710. The Morgan fingerprint density at radius 3 is 2.53 bits per heavy atom. The quantitative estimate of drug-likeness (QED) is 0.784. The standard InChI is InChI=1S/C12H9BrFNO2/c13-9-3-6(1-2-10(9)14)5-15-11(16)7-4-8(7)12(15)17/h1-3,7-8H,4-5H2. The molecular weight excluding hydrogens is 289 g/mol. The summed E-state index contributed by atoms with van der Waals surface area (Å²) < 4.78 is 13.4. The molecule has 0 spiro atoms. The molecule has 1 heterocycles. The van der Waals surface area contributed by atoms with E-state index in [2.05, 4.69) is 15.9 Å². The number of benzene rings is 1. The summed E-state index contributed by atoms with van der Waals surface area (Å²) in [5.41, 5.74) is 0.751. The molecule has 3 nitrogen and oxygen atoms in total. The molecule has 5 heteroatoms. The average Bonchev–Trinajstić information content (AvgIpc) is 3.04. The molecule has 2 unspecified atom stereocenters. The molecule has 0 bridgehead atoms. The predicted octanol–water partition coefficient (Wildman–Crippen LogP) is 2.09. The number of carbonyl (C=O) groups excluding carboxylic acids is 2. The zero-order valence-electron chi connectivity index (χ0n) is 8.82. The van der Waals surface area contributed by atoms with Crippen molar-refractivity contribution in [1.29, 1.82) is 0 Å². The molecule has 2 fully saturated rings. The van der Waals surface area contributed by atoms with E-state index in [0.717, 1.165) is 5.56 Å². The fraction of sp³-hybridized carbons (Fsp3) is 0.333. The van der Waals surface area contributed by atoms with Gasteiger partial charge in [-0.3, -0.25) is 14.5 Å². The Morgan fingerprint density at radius 1 is 1.29 bits per heavy atom. The highest BCUT2D eigenvalue weighted by molar-refractivity contribution is 9.10. The maximum absolute atomic E-state index is 13.0. The van der Waals surface area contributed by atoms with Crippen molar-refractivity contribution in [3.63, 3.8) is 0 Å². The molecule has 3 rings (SSSR count). The zero-order chi connectivity index (χ0) is 12.2. The zero-order valence-corrected chi connectivity index (χ0v) is 10.4. The third-order valence-corrected chi connectivity index (χ3v) is 3.89. The molecule has 1 saturated heterocycles. The summed E-state index contributed by atoms with van der Waals surface area (Å²) in [7, 11) is 0. The second kappa shape index (κ2) is 3.63. The first-order chi connectivity index (χ1) is 8.08. The first kappa shape index (κ1) is 10.9. The lowest BCUT2D eigenvalue weighted by atomic mass is 10.2. The van der Waals surface area contributed by atoms with Gasteiger partial charge in [-0.2, -0.15) is 0 Å². The lowest BCUT2D eigenvalue weighted by Crippen LogP contribution is -2.32. The second-order valence-corrected chi connectivity index (χ2v) is 5.31. The van der Waals surface area contributed by atoms with Crippen LogP contribution in [0.5, 0.6) is 0 Å². The van der Waals surface area contributed by atoms with Crippen molar-refractivity contribution in [2.45, 2.75) is 13.0 Å². The van der Waals surface area contributed by atoms with Crippen molar-refractivity contribution in [3.05, 3.63) is 34.1 Å². The number of likely N-dealkylation sites (tertiary alicyclic amines) is 1. The van der Waals surface area contributed by atoms with E-state index in [-0.39, 0.29) is 36.0 Å². The summed E-state index contributed by atoms with van der Waals surface area (Å²) >= 11 is 3.08. The monoisotopic (exact) mass is 297 g/mol. The van der Waals surface area contributed by atoms with Crippen molar-refractivity contribution in [3.8, 4) is 0 Å². The lowest BCUT2D eigenvalue weighted by Gasteiger charge is -2.16. The number of hydrogen-bond donors (Lipinski definition) is 0. The summed E-state index contributed by atoms with van der Waals surface area (Å²) in [6.45, 7) is 0.240. The molecule has 0 aromatic heterocycles. The molecule has 2 amide bonds. The van der Waals surface area contributed by atoms with Crippen LogP contribution in [-0.4, -0.2) is 16.7 Å². The molecule has 88 valence electrons. The Hall–Kier alpha value is -1.23. The van der Waals surface area contributed by atoms with Gasteiger partial charge in [-0.1, -0.05) is 6.07 Å². The van der Waals surface area contributed by atoms with E-state index >= 15 is 0 Å². The van der Waals surface area contributed by atoms with Crippen LogP contribution in [0.3, 0.4) is 0 Å². The fourth-order valence-corrected chi connectivity index (χ4v) is 2.65. The van der Waals surface area contributed by atoms with Gasteiger partial charge in [-0.05, 0) is 40.0 Å². The van der Waals surface area contributed by atoms with Gasteiger partial charge in [0.15, 0.2) is 0 Å². The Morgan fingerprint density at radius 2 is 1.94 bits per heavy atom. The molecule has 1 aliphatic carbocycles. The summed E-state index contributed by atoms with van der Waals surface area (Å²) in [6, 6.07) is 4.51. The van der Waals surface area contributed by atoms with Crippen LogP contribution in [0.2, 0.25) is 0 Å². The van der Waals surface area contributed by atoms with Crippen molar-refractivity contribution in [2.24, 2.45) is 11.8 Å². The molecule has 1 aromatic carbocycles. The van der Waals surface area contributed by atoms with E-state index in [4.69, 9.17) is 0 Å². The third kappa shape index (κ3) is 1.69. The summed E-state index contributed by atoms with van der Waals surface area (Å²) in [5, 5.41) is 0. The third-order valence-electron chi connectivity index (χ3n) is 3.28. The highest BCUT2D eigenvalue weighted by Gasteiger charge is 2.58. The van der Waals surface area contributed by atoms with Gasteiger partial charge >= 0.3 is 0 Å². The van der Waals surface area contributed by atoms with Crippen LogP contribution >= 0.6 is 15.9 Å². The minimum Gasteiger partial charge on any atom is -0.278 e. The van der Waals surface area contributed by atoms with Crippen molar-refractivity contribution in [2.75, 3.05) is 0 Å². The number of fused-ring (bicyclic) bond motifs is 1. The van der Waals surface area contributed by atoms with Gasteiger partial charge in [0.25, 0.3) is 0 Å². The summed E-state index contributed by atoms with van der Waals surface area (Å²) in [4.78, 5) is 24.7. The number of hydrogen-bond acceptors (Lipinski definition) is 2. The van der Waals surface area contributed by atoms with E-state index in [1.54, 1.807) is 12.1 Å². The maximum atomic E-state index is 13.0. The smallest absolute Gasteiger partial charge is 0.233 e. The van der Waals surface area contributed by atoms with Crippen LogP contribution in [0.4, 0.5) is 4.39 Å². The first-order valence-electron chi connectivity index (χ1n) is 5.37. The molecular formula is C12H9BrFNO2. The Labute approximate surface area is 106 Å². The number of amides is 2. The lowest BCUT2D eigenvalue weighted by molar-refractivity contribution is -0.142. The van der Waals surface area contributed by atoms with E-state index < -0.39 is 0 Å². The molecule has 1 saturated carbocycles. The SMILES string of the molecule is O=C1C2CC2C(=O)N1Cc1ccc(F)c(Br)c1. The fourth-order valence-electron chi connectivity index (χ4n) is 2.23. The number of halogens is 2. The second-order valence-electron chi connectivity index (χ2n) is 4.46. The van der Waals surface area contributed by atoms with Crippen LogP contribution in [0.15, 0.2) is 22.7 Å². The summed E-state index contributed by atoms with van der Waals surface area (Å²) in [5.74, 6) is -0.672. The van der Waals surface area contributed by atoms with Crippen LogP contribution in [0, 0.1) is 17.7 Å². The van der Waals surface area contributed by atoms with Gasteiger partial charge in [-0.15, -0.1) is 0 Å². The molecule has 1 aliphatic heterocycles. The van der Waals surface area contributed by atoms with Crippen LogP contribution in [0.1, 0.15) is 12.0 Å². The van der Waals surface area contributed by atoms with Crippen LogP contribution in [0.25, 0.3) is 0 Å². The van der Waals surface area contributed by atoms with Gasteiger partial charge in [0.2, 0.25) is 11.8 Å². The van der Waals surface area contributed by atoms with Crippen LogP contribution in [-0.2, 0) is 16.1 Å². The first-order valence-corrected chi connectivity index (χ1v) is 6.16. The molecule has 17 heavy (non-hydrogen) atoms. The average molecular weight is 298 g/mol. The molecule has 0 radical (unpaired) electrons. The van der Waals surface area contributed by atoms with Crippen LogP contribution < -0.4 is 0 Å². The number of imide groups is 1. The normalized spacial score (nSPS) is 26.4. The Bertz CT molecular complexity index is 511. The highest BCUT2D eigenvalue weighted by Crippen LogP contribution is 2.47. The van der Waals surface area contributed by atoms with Crippen molar-refractivity contribution >= 4 is 27.7 Å². The molecule has 1 aromatic rings. The van der Waals surface area contributed by atoms with Gasteiger partial charge in [0.05, 0.1) is 22.9 Å². The van der Waals surface area contributed by atoms with Crippen molar-refractivity contribution < 1.29 is 14.0 Å². The van der Waals surface area contributed by atoms with Gasteiger partial charge in [0.1, 0.15) is 5.82 Å². The number of piperidine rings is 1. The number of carbonyl (C=O) groups is 2. The predicted molar refractivity (Wildman–Crippen MR) is 61.3 cm³/mol. The number of rotatable bonds is 2. The highest BCUT2D eigenvalue weighted by atomic mass is 79.9. The number of nitrogens with zero attached hydrogens (tertiary/aromatic N) is 1. The largest absolute Gasteiger partial charge is 0.278 e. The molecule has 2 atom stereocenters. The molecule has 0 N–H and O–H groups in total. The minimum atomic E-state index is -0.351. The van der Waals surface area contributed by atoms with E-state index in [1.807, 2.05) is 0 Å². The van der Waals surface area contributed by atoms with E-state index in [0.29, 0.717) is 10.9 Å². The Balaban J connectivity index is 1.81. The maximum Gasteiger partial charge on any atom is 0.233 e. The Kier molecular flexibility index (Phi) is 2.33. The van der Waals surface area contributed by atoms with E-state index in [9.17, 15) is 14.0 Å². The van der Waals surface area contributed by atoms with Gasteiger partial charge < -0.3 is 0 Å². The topological polar surface area (TPSA) is 37.4 Å². The molecule has 2 aliphatic rings. The van der Waals surface area contributed by atoms with Gasteiger partial charge in [-0.25, -0.2) is 4.39 Å².